The Morgan fingerprint density at radius 1 is 1.48 bits per heavy atom. The van der Waals surface area contributed by atoms with E-state index in [0.29, 0.717) is 9.04 Å². The van der Waals surface area contributed by atoms with Gasteiger partial charge >= 0.3 is 6.55 Å². The lowest BCUT2D eigenvalue weighted by Gasteiger charge is -2.18. The van der Waals surface area contributed by atoms with Crippen LogP contribution in [0.5, 0.6) is 5.75 Å². The number of carbonyl (C=O) groups excluding carboxylic acids is 1. The fourth-order valence-corrected chi connectivity index (χ4v) is 2.12. The van der Waals surface area contributed by atoms with Crippen LogP contribution < -0.4 is 4.74 Å². The van der Waals surface area contributed by atoms with Gasteiger partial charge in [0, 0.05) is 23.9 Å². The minimum Gasteiger partial charge on any atom is -0.481 e. The van der Waals surface area contributed by atoms with E-state index in [1.807, 2.05) is 0 Å². The van der Waals surface area contributed by atoms with Crippen molar-refractivity contribution in [1.82, 2.24) is 14.5 Å². The maximum atomic E-state index is 13.6. The molecule has 0 bridgehead atoms. The van der Waals surface area contributed by atoms with E-state index in [4.69, 9.17) is 4.74 Å². The summed E-state index contributed by atoms with van der Waals surface area (Å²) < 4.78 is 45.3. The van der Waals surface area contributed by atoms with Gasteiger partial charge in [0.15, 0.2) is 18.2 Å². The van der Waals surface area contributed by atoms with Crippen molar-refractivity contribution in [2.24, 2.45) is 0 Å². The molecule has 2 rings (SSSR count). The lowest BCUT2D eigenvalue weighted by molar-refractivity contribution is -0.132. The molecule has 124 valence electrons. The number of amides is 1. The molecule has 0 spiro atoms. The van der Waals surface area contributed by atoms with Crippen LogP contribution in [0, 0.1) is 5.82 Å². The Hall–Kier alpha value is -2.03. The van der Waals surface area contributed by atoms with Crippen molar-refractivity contribution in [1.29, 1.82) is 0 Å². The van der Waals surface area contributed by atoms with Crippen LogP contribution in [0.4, 0.5) is 13.2 Å². The molecule has 0 fully saturated rings. The summed E-state index contributed by atoms with van der Waals surface area (Å²) in [6.45, 7) is -3.25. The lowest BCUT2D eigenvalue weighted by Crippen LogP contribution is -2.32. The van der Waals surface area contributed by atoms with Gasteiger partial charge in [-0.05, 0) is 18.2 Å². The van der Waals surface area contributed by atoms with Crippen molar-refractivity contribution in [3.63, 3.8) is 0 Å². The highest BCUT2D eigenvalue weighted by Crippen LogP contribution is 2.21. The number of ether oxygens (including phenoxy) is 1. The fraction of sp³-hybridized carbons (Fsp3) is 0.286. The Kier molecular flexibility index (Phi) is 5.64. The average Bonchev–Trinajstić information content (AvgIpc) is 2.94. The second-order valence-electron chi connectivity index (χ2n) is 4.64. The number of carbonyl (C=O) groups is 1. The van der Waals surface area contributed by atoms with Gasteiger partial charge < -0.3 is 9.64 Å². The standard InChI is InChI=1S/C14H13BrF3N3O2/c1-20(7-12-19-4-5-21(12)14(17)18)13(22)8-23-11-3-2-9(15)6-10(11)16/h2-6,14H,7-8H2,1H3. The fourth-order valence-electron chi connectivity index (χ4n) is 1.79. The number of imidazole rings is 1. The monoisotopic (exact) mass is 391 g/mol. The first-order valence-electron chi connectivity index (χ1n) is 6.50. The number of benzene rings is 1. The van der Waals surface area contributed by atoms with Gasteiger partial charge in [-0.3, -0.25) is 9.36 Å². The second-order valence-corrected chi connectivity index (χ2v) is 5.56. The summed E-state index contributed by atoms with van der Waals surface area (Å²) in [6.07, 6.45) is 2.36. The molecular formula is C14H13BrF3N3O2. The van der Waals surface area contributed by atoms with E-state index in [1.54, 1.807) is 6.07 Å². The molecule has 0 radical (unpaired) electrons. The zero-order valence-electron chi connectivity index (χ0n) is 12.0. The van der Waals surface area contributed by atoms with Gasteiger partial charge in [0.1, 0.15) is 5.82 Å². The molecule has 0 aliphatic rings. The van der Waals surface area contributed by atoms with Crippen molar-refractivity contribution < 1.29 is 22.7 Å². The highest BCUT2D eigenvalue weighted by atomic mass is 79.9. The van der Waals surface area contributed by atoms with Crippen molar-refractivity contribution >= 4 is 21.8 Å². The summed E-state index contributed by atoms with van der Waals surface area (Å²) in [7, 11) is 1.42. The van der Waals surface area contributed by atoms with Gasteiger partial charge in [0.2, 0.25) is 0 Å². The van der Waals surface area contributed by atoms with E-state index in [1.165, 1.54) is 30.3 Å². The number of aromatic nitrogens is 2. The molecule has 0 saturated heterocycles. The van der Waals surface area contributed by atoms with E-state index < -0.39 is 24.9 Å². The lowest BCUT2D eigenvalue weighted by atomic mass is 10.3. The van der Waals surface area contributed by atoms with Crippen LogP contribution in [0.25, 0.3) is 0 Å². The van der Waals surface area contributed by atoms with Gasteiger partial charge in [-0.2, -0.15) is 8.78 Å². The van der Waals surface area contributed by atoms with Gasteiger partial charge in [-0.1, -0.05) is 15.9 Å². The van der Waals surface area contributed by atoms with E-state index in [9.17, 15) is 18.0 Å². The normalized spacial score (nSPS) is 10.9. The summed E-state index contributed by atoms with van der Waals surface area (Å²) in [5.74, 6) is -1.12. The SMILES string of the molecule is CN(Cc1nccn1C(F)F)C(=O)COc1ccc(Br)cc1F. The van der Waals surface area contributed by atoms with E-state index >= 15 is 0 Å². The first kappa shape index (κ1) is 17.3. The Morgan fingerprint density at radius 3 is 2.87 bits per heavy atom. The topological polar surface area (TPSA) is 47.4 Å². The number of hydrogen-bond donors (Lipinski definition) is 0. The van der Waals surface area contributed by atoms with Crippen LogP contribution in [-0.2, 0) is 11.3 Å². The number of likely N-dealkylation sites (N-methyl/N-ethyl adjacent to an activating group) is 1. The van der Waals surface area contributed by atoms with Gasteiger partial charge in [0.25, 0.3) is 5.91 Å². The summed E-state index contributed by atoms with van der Waals surface area (Å²) in [5, 5.41) is 0. The maximum Gasteiger partial charge on any atom is 0.319 e. The first-order chi connectivity index (χ1) is 10.9. The summed E-state index contributed by atoms with van der Waals surface area (Å²) in [5.41, 5.74) is 0. The van der Waals surface area contributed by atoms with Crippen LogP contribution in [0.1, 0.15) is 12.4 Å². The predicted octanol–water partition coefficient (Wildman–Crippen LogP) is 3.22. The minimum absolute atomic E-state index is 0.0469. The van der Waals surface area contributed by atoms with Crippen LogP contribution in [0.2, 0.25) is 0 Å². The van der Waals surface area contributed by atoms with Crippen LogP contribution in [0.15, 0.2) is 35.1 Å². The number of halogens is 4. The Labute approximate surface area is 138 Å². The number of alkyl halides is 2. The highest BCUT2D eigenvalue weighted by molar-refractivity contribution is 9.10. The summed E-state index contributed by atoms with van der Waals surface area (Å²) >= 11 is 3.11. The summed E-state index contributed by atoms with van der Waals surface area (Å²) in [6, 6.07) is 4.17. The molecule has 1 aromatic carbocycles. The number of rotatable bonds is 6. The van der Waals surface area contributed by atoms with E-state index in [2.05, 4.69) is 20.9 Å². The molecule has 0 saturated carbocycles. The van der Waals surface area contributed by atoms with Crippen LogP contribution in [-0.4, -0.2) is 34.0 Å². The molecule has 0 aliphatic heterocycles. The molecule has 0 aliphatic carbocycles. The zero-order valence-corrected chi connectivity index (χ0v) is 13.6. The van der Waals surface area contributed by atoms with Crippen molar-refractivity contribution in [3.05, 3.63) is 46.7 Å². The minimum atomic E-state index is -2.73. The highest BCUT2D eigenvalue weighted by Gasteiger charge is 2.17. The third-order valence-corrected chi connectivity index (χ3v) is 3.50. The summed E-state index contributed by atoms with van der Waals surface area (Å²) in [4.78, 5) is 16.9. The van der Waals surface area contributed by atoms with Gasteiger partial charge in [-0.25, -0.2) is 9.37 Å². The van der Waals surface area contributed by atoms with E-state index in [0.717, 1.165) is 6.20 Å². The molecule has 0 unspecified atom stereocenters. The van der Waals surface area contributed by atoms with Gasteiger partial charge in [0.05, 0.1) is 6.54 Å². The molecule has 23 heavy (non-hydrogen) atoms. The Bertz CT molecular complexity index is 694. The Morgan fingerprint density at radius 2 is 2.22 bits per heavy atom. The molecule has 5 nitrogen and oxygen atoms in total. The second kappa shape index (κ2) is 7.49. The zero-order chi connectivity index (χ0) is 17.0. The van der Waals surface area contributed by atoms with Crippen LogP contribution >= 0.6 is 15.9 Å². The Balaban J connectivity index is 1.93. The molecule has 1 heterocycles. The molecular weight excluding hydrogens is 379 g/mol. The largest absolute Gasteiger partial charge is 0.481 e. The smallest absolute Gasteiger partial charge is 0.319 e. The molecule has 0 atom stereocenters. The molecule has 0 N–H and O–H groups in total. The quantitative estimate of drug-likeness (QED) is 0.759. The average molecular weight is 392 g/mol. The molecule has 2 aromatic rings. The molecule has 9 heteroatoms. The first-order valence-corrected chi connectivity index (χ1v) is 7.29. The number of hydrogen-bond acceptors (Lipinski definition) is 3. The van der Waals surface area contributed by atoms with Gasteiger partial charge in [-0.15, -0.1) is 0 Å². The maximum absolute atomic E-state index is 13.6. The van der Waals surface area contributed by atoms with Crippen molar-refractivity contribution in [2.75, 3.05) is 13.7 Å². The van der Waals surface area contributed by atoms with Crippen molar-refractivity contribution in [2.45, 2.75) is 13.1 Å². The van der Waals surface area contributed by atoms with Crippen LogP contribution in [0.3, 0.4) is 0 Å². The predicted molar refractivity (Wildman–Crippen MR) is 79.5 cm³/mol. The molecule has 1 aromatic heterocycles. The number of nitrogens with zero attached hydrogens (tertiary/aromatic N) is 3. The molecule has 1 amide bonds. The van der Waals surface area contributed by atoms with E-state index in [-0.39, 0.29) is 18.1 Å². The third-order valence-electron chi connectivity index (χ3n) is 3.01. The third kappa shape index (κ3) is 4.47. The van der Waals surface area contributed by atoms with Crippen molar-refractivity contribution in [3.8, 4) is 5.75 Å².